The van der Waals surface area contributed by atoms with Crippen molar-refractivity contribution < 1.29 is 4.79 Å². The van der Waals surface area contributed by atoms with Crippen LogP contribution < -0.4 is 5.32 Å². The number of carbonyl (C=O) groups excluding carboxylic acids is 1. The first kappa shape index (κ1) is 15.5. The van der Waals surface area contributed by atoms with Gasteiger partial charge < -0.3 is 10.2 Å². The molecule has 1 unspecified atom stereocenters. The third kappa shape index (κ3) is 4.06. The topological polar surface area (TPSA) is 86.8 Å². The molecule has 1 fully saturated rings. The van der Waals surface area contributed by atoms with Crippen LogP contribution in [0, 0.1) is 6.92 Å². The number of nitrogens with zero attached hydrogens (tertiary/aromatic N) is 4. The maximum Gasteiger partial charge on any atom is 0.223 e. The second-order valence-corrected chi connectivity index (χ2v) is 5.86. The Morgan fingerprint density at radius 1 is 1.48 bits per heavy atom. The molecule has 0 aliphatic carbocycles. The van der Waals surface area contributed by atoms with E-state index in [1.165, 1.54) is 6.33 Å². The van der Waals surface area contributed by atoms with Crippen molar-refractivity contribution in [1.29, 1.82) is 0 Å². The van der Waals surface area contributed by atoms with Crippen LogP contribution >= 0.6 is 0 Å². The molecule has 1 amide bonds. The van der Waals surface area contributed by atoms with Gasteiger partial charge in [0.1, 0.15) is 18.0 Å². The highest BCUT2D eigenvalue weighted by Gasteiger charge is 2.28. The molecule has 0 spiro atoms. The van der Waals surface area contributed by atoms with E-state index in [4.69, 9.17) is 0 Å². The van der Waals surface area contributed by atoms with Crippen LogP contribution in [0.25, 0.3) is 0 Å². The molecule has 1 saturated heterocycles. The molecule has 1 atom stereocenters. The number of aryl methyl sites for hydroxylation is 2. The fourth-order valence-corrected chi connectivity index (χ4v) is 2.96. The Balaban J connectivity index is 1.51. The smallest absolute Gasteiger partial charge is 0.223 e. The van der Waals surface area contributed by atoms with E-state index in [2.05, 4.69) is 25.5 Å². The monoisotopic (exact) mass is 314 g/mol. The Hall–Kier alpha value is -2.44. The van der Waals surface area contributed by atoms with Crippen molar-refractivity contribution in [3.05, 3.63) is 36.0 Å². The van der Waals surface area contributed by atoms with Crippen molar-refractivity contribution in [1.82, 2.24) is 25.1 Å². The van der Waals surface area contributed by atoms with Crippen molar-refractivity contribution >= 4 is 11.7 Å². The molecule has 3 rings (SSSR count). The van der Waals surface area contributed by atoms with E-state index in [0.29, 0.717) is 12.8 Å². The van der Waals surface area contributed by atoms with E-state index in [1.807, 2.05) is 30.0 Å². The number of hydrogen-bond acceptors (Lipinski definition) is 5. The van der Waals surface area contributed by atoms with E-state index in [9.17, 15) is 4.79 Å². The summed E-state index contributed by atoms with van der Waals surface area (Å²) >= 11 is 0. The molecule has 7 nitrogen and oxygen atoms in total. The van der Waals surface area contributed by atoms with Gasteiger partial charge in [-0.25, -0.2) is 9.97 Å². The second-order valence-electron chi connectivity index (χ2n) is 5.86. The highest BCUT2D eigenvalue weighted by Crippen LogP contribution is 2.19. The van der Waals surface area contributed by atoms with Gasteiger partial charge in [-0.2, -0.15) is 5.10 Å². The number of carbonyl (C=O) groups is 1. The lowest BCUT2D eigenvalue weighted by atomic mass is 10.2. The zero-order valence-electron chi connectivity index (χ0n) is 13.3. The van der Waals surface area contributed by atoms with Gasteiger partial charge in [-0.15, -0.1) is 0 Å². The SMILES string of the molecule is Cc1cccc(NCC2CCCN2C(=O)CCc2ncn[nH]2)n1. The van der Waals surface area contributed by atoms with Gasteiger partial charge in [0.25, 0.3) is 0 Å². The van der Waals surface area contributed by atoms with Crippen molar-refractivity contribution in [2.75, 3.05) is 18.4 Å². The first-order valence-electron chi connectivity index (χ1n) is 8.03. The minimum atomic E-state index is 0.183. The number of aromatic amines is 1. The number of nitrogens with one attached hydrogen (secondary N) is 2. The molecule has 122 valence electrons. The third-order valence-electron chi connectivity index (χ3n) is 4.15. The van der Waals surface area contributed by atoms with Gasteiger partial charge in [-0.05, 0) is 31.9 Å². The van der Waals surface area contributed by atoms with Crippen LogP contribution in [0.2, 0.25) is 0 Å². The lowest BCUT2D eigenvalue weighted by Crippen LogP contribution is -2.39. The molecule has 0 aromatic carbocycles. The van der Waals surface area contributed by atoms with Crippen LogP contribution in [0.15, 0.2) is 24.5 Å². The number of H-pyrrole nitrogens is 1. The van der Waals surface area contributed by atoms with E-state index >= 15 is 0 Å². The predicted molar refractivity (Wildman–Crippen MR) is 86.9 cm³/mol. The number of aromatic nitrogens is 4. The number of likely N-dealkylation sites (tertiary alicyclic amines) is 1. The van der Waals surface area contributed by atoms with Crippen LogP contribution in [0.1, 0.15) is 30.8 Å². The molecule has 0 saturated carbocycles. The fourth-order valence-electron chi connectivity index (χ4n) is 2.96. The van der Waals surface area contributed by atoms with E-state index in [1.54, 1.807) is 0 Å². The normalized spacial score (nSPS) is 17.4. The summed E-state index contributed by atoms with van der Waals surface area (Å²) < 4.78 is 0. The Bertz CT molecular complexity index is 642. The zero-order valence-corrected chi connectivity index (χ0v) is 13.3. The van der Waals surface area contributed by atoms with Crippen LogP contribution in [-0.2, 0) is 11.2 Å². The molecule has 2 aromatic heterocycles. The standard InChI is InChI=1S/C16H22N6O/c1-12-4-2-6-14(20-12)17-10-13-5-3-9-22(13)16(23)8-7-15-18-11-19-21-15/h2,4,6,11,13H,3,5,7-10H2,1H3,(H,17,20)(H,18,19,21). The summed E-state index contributed by atoms with van der Waals surface area (Å²) in [7, 11) is 0. The fraction of sp³-hybridized carbons (Fsp3) is 0.500. The van der Waals surface area contributed by atoms with Gasteiger partial charge in [0.15, 0.2) is 0 Å². The van der Waals surface area contributed by atoms with Crippen molar-refractivity contribution in [2.45, 2.75) is 38.6 Å². The Morgan fingerprint density at radius 2 is 2.39 bits per heavy atom. The summed E-state index contributed by atoms with van der Waals surface area (Å²) in [5.41, 5.74) is 0.987. The number of pyridine rings is 1. The van der Waals surface area contributed by atoms with Crippen molar-refractivity contribution in [2.24, 2.45) is 0 Å². The quantitative estimate of drug-likeness (QED) is 0.844. The molecule has 2 aromatic rings. The second kappa shape index (κ2) is 7.21. The van der Waals surface area contributed by atoms with Gasteiger partial charge in [0, 0.05) is 37.7 Å². The average molecular weight is 314 g/mol. The first-order chi connectivity index (χ1) is 11.2. The summed E-state index contributed by atoms with van der Waals surface area (Å²) in [4.78, 5) is 22.9. The molecular formula is C16H22N6O. The third-order valence-corrected chi connectivity index (χ3v) is 4.15. The molecule has 0 radical (unpaired) electrons. The molecule has 3 heterocycles. The minimum absolute atomic E-state index is 0.183. The van der Waals surface area contributed by atoms with Crippen molar-refractivity contribution in [3.63, 3.8) is 0 Å². The molecule has 7 heteroatoms. The molecule has 2 N–H and O–H groups in total. The van der Waals surface area contributed by atoms with Gasteiger partial charge in [0.05, 0.1) is 0 Å². The summed E-state index contributed by atoms with van der Waals surface area (Å²) in [6.07, 6.45) is 4.63. The van der Waals surface area contributed by atoms with Crippen LogP contribution in [0.4, 0.5) is 5.82 Å². The largest absolute Gasteiger partial charge is 0.368 e. The molecule has 1 aliphatic rings. The Labute approximate surface area is 135 Å². The number of hydrogen-bond donors (Lipinski definition) is 2. The van der Waals surface area contributed by atoms with Crippen LogP contribution in [-0.4, -0.2) is 50.1 Å². The number of amides is 1. The Morgan fingerprint density at radius 3 is 3.17 bits per heavy atom. The van der Waals surface area contributed by atoms with Crippen LogP contribution in [0.3, 0.4) is 0 Å². The number of anilines is 1. The van der Waals surface area contributed by atoms with E-state index in [-0.39, 0.29) is 11.9 Å². The number of rotatable bonds is 6. The van der Waals surface area contributed by atoms with Gasteiger partial charge >= 0.3 is 0 Å². The summed E-state index contributed by atoms with van der Waals surface area (Å²) in [6.45, 7) is 3.55. The molecule has 1 aliphatic heterocycles. The Kier molecular flexibility index (Phi) is 4.85. The highest BCUT2D eigenvalue weighted by atomic mass is 16.2. The molecule has 23 heavy (non-hydrogen) atoms. The maximum absolute atomic E-state index is 12.4. The maximum atomic E-state index is 12.4. The van der Waals surface area contributed by atoms with Gasteiger partial charge in [-0.3, -0.25) is 9.89 Å². The van der Waals surface area contributed by atoms with E-state index in [0.717, 1.165) is 43.3 Å². The minimum Gasteiger partial charge on any atom is -0.368 e. The molecular weight excluding hydrogens is 292 g/mol. The predicted octanol–water partition coefficient (Wildman–Crippen LogP) is 1.54. The van der Waals surface area contributed by atoms with Crippen LogP contribution in [0.5, 0.6) is 0 Å². The van der Waals surface area contributed by atoms with Gasteiger partial charge in [0.2, 0.25) is 5.91 Å². The molecule has 0 bridgehead atoms. The zero-order chi connectivity index (χ0) is 16.1. The summed E-state index contributed by atoms with van der Waals surface area (Å²) in [6, 6.07) is 6.15. The highest BCUT2D eigenvalue weighted by molar-refractivity contribution is 5.77. The average Bonchev–Trinajstić information content (AvgIpc) is 3.22. The lowest BCUT2D eigenvalue weighted by molar-refractivity contribution is -0.131. The van der Waals surface area contributed by atoms with Gasteiger partial charge in [-0.1, -0.05) is 6.07 Å². The first-order valence-corrected chi connectivity index (χ1v) is 8.03. The summed E-state index contributed by atoms with van der Waals surface area (Å²) in [5, 5.41) is 9.95. The van der Waals surface area contributed by atoms with E-state index < -0.39 is 0 Å². The van der Waals surface area contributed by atoms with Crippen molar-refractivity contribution in [3.8, 4) is 0 Å². The summed E-state index contributed by atoms with van der Waals surface area (Å²) in [5.74, 6) is 1.81. The lowest BCUT2D eigenvalue weighted by Gasteiger charge is -2.25.